The van der Waals surface area contributed by atoms with Crippen LogP contribution in [0.3, 0.4) is 0 Å². The number of piperidine rings is 1. The number of aromatic nitrogens is 1. The van der Waals surface area contributed by atoms with Crippen molar-refractivity contribution in [2.45, 2.75) is 77.6 Å². The molecule has 6 nitrogen and oxygen atoms in total. The number of benzene rings is 1. The van der Waals surface area contributed by atoms with Gasteiger partial charge in [-0.05, 0) is 62.0 Å². The minimum absolute atomic E-state index is 0.0884. The van der Waals surface area contributed by atoms with Crippen LogP contribution in [0.25, 0.3) is 10.9 Å². The number of aliphatic hydroxyl groups is 1. The zero-order valence-corrected chi connectivity index (χ0v) is 20.6. The maximum absolute atomic E-state index is 11.7. The Kier molecular flexibility index (Phi) is 7.30. The van der Waals surface area contributed by atoms with Gasteiger partial charge in [0.25, 0.3) is 0 Å². The summed E-state index contributed by atoms with van der Waals surface area (Å²) in [6.45, 7) is 7.02. The summed E-state index contributed by atoms with van der Waals surface area (Å²) in [5.74, 6) is 1.69. The zero-order valence-electron chi connectivity index (χ0n) is 19.8. The molecule has 0 unspecified atom stereocenters. The smallest absolute Gasteiger partial charge is 0.209 e. The Bertz CT molecular complexity index is 1010. The predicted octanol–water partition coefficient (Wildman–Crippen LogP) is 4.03. The maximum Gasteiger partial charge on any atom is 0.209 e. The first-order valence-electron chi connectivity index (χ1n) is 12.2. The number of sulfonamides is 1. The Labute approximate surface area is 193 Å². The van der Waals surface area contributed by atoms with E-state index in [4.69, 9.17) is 0 Å². The van der Waals surface area contributed by atoms with Crippen molar-refractivity contribution in [2.75, 3.05) is 19.3 Å². The average Bonchev–Trinajstić information content (AvgIpc) is 3.11. The Morgan fingerprint density at radius 1 is 1.03 bits per heavy atom. The molecule has 2 N–H and O–H groups in total. The summed E-state index contributed by atoms with van der Waals surface area (Å²) in [4.78, 5) is 2.70. The Morgan fingerprint density at radius 2 is 1.69 bits per heavy atom. The van der Waals surface area contributed by atoms with Crippen molar-refractivity contribution in [1.29, 1.82) is 0 Å². The molecule has 1 saturated heterocycles. The second kappa shape index (κ2) is 9.84. The number of nitrogens with one attached hydrogen (secondary N) is 1. The Morgan fingerprint density at radius 3 is 2.28 bits per heavy atom. The van der Waals surface area contributed by atoms with Crippen LogP contribution in [0.2, 0.25) is 0 Å². The summed E-state index contributed by atoms with van der Waals surface area (Å²) >= 11 is 0. The molecule has 1 aliphatic carbocycles. The third-order valence-corrected chi connectivity index (χ3v) is 8.52. The number of para-hydroxylation sites is 1. The molecular weight excluding hydrogens is 422 g/mol. The van der Waals surface area contributed by atoms with Crippen molar-refractivity contribution in [3.05, 3.63) is 35.5 Å². The molecule has 0 spiro atoms. The molecule has 2 aliphatic rings. The molecule has 1 aromatic carbocycles. The van der Waals surface area contributed by atoms with Gasteiger partial charge >= 0.3 is 0 Å². The molecule has 0 amide bonds. The normalized spacial score (nSPS) is 23.9. The van der Waals surface area contributed by atoms with Crippen molar-refractivity contribution < 1.29 is 13.5 Å². The summed E-state index contributed by atoms with van der Waals surface area (Å²) in [6, 6.07) is 9.19. The minimum atomic E-state index is -3.31. The highest BCUT2D eigenvalue weighted by atomic mass is 32.2. The first-order chi connectivity index (χ1) is 15.3. The Balaban J connectivity index is 1.51. The largest absolute Gasteiger partial charge is 0.390 e. The van der Waals surface area contributed by atoms with Gasteiger partial charge < -0.3 is 14.6 Å². The molecule has 1 aromatic heterocycles. The van der Waals surface area contributed by atoms with Gasteiger partial charge in [0.1, 0.15) is 0 Å². The monoisotopic (exact) mass is 461 g/mol. The molecular formula is C25H39N3O3S. The molecule has 1 saturated carbocycles. The van der Waals surface area contributed by atoms with Crippen LogP contribution in [-0.4, -0.2) is 48.4 Å². The van der Waals surface area contributed by atoms with E-state index in [0.29, 0.717) is 6.04 Å². The summed E-state index contributed by atoms with van der Waals surface area (Å²) in [5, 5.41) is 11.3. The first-order valence-corrected chi connectivity index (χ1v) is 14.1. The van der Waals surface area contributed by atoms with Gasteiger partial charge in [-0.3, -0.25) is 0 Å². The average molecular weight is 462 g/mol. The lowest BCUT2D eigenvalue weighted by Crippen LogP contribution is -2.44. The molecule has 7 heteroatoms. The number of fused-ring (bicyclic) bond motifs is 1. The zero-order chi connectivity index (χ0) is 22.9. The SMILES string of the molecule is CC(C)C1CCC(N2CCC(n3c(CO)c(CNS(C)(=O)=O)c4ccccc43)CC2)CC1. The van der Waals surface area contributed by atoms with Crippen LogP contribution in [0.15, 0.2) is 24.3 Å². The summed E-state index contributed by atoms with van der Waals surface area (Å²) < 4.78 is 28.3. The third kappa shape index (κ3) is 5.06. The summed E-state index contributed by atoms with van der Waals surface area (Å²) in [5.41, 5.74) is 2.83. The van der Waals surface area contributed by atoms with E-state index >= 15 is 0 Å². The van der Waals surface area contributed by atoms with E-state index in [2.05, 4.69) is 34.1 Å². The topological polar surface area (TPSA) is 74.6 Å². The van der Waals surface area contributed by atoms with Crippen LogP contribution in [0, 0.1) is 11.8 Å². The highest BCUT2D eigenvalue weighted by molar-refractivity contribution is 7.88. The quantitative estimate of drug-likeness (QED) is 0.653. The van der Waals surface area contributed by atoms with Gasteiger partial charge in [-0.2, -0.15) is 0 Å². The summed E-state index contributed by atoms with van der Waals surface area (Å²) in [6.07, 6.45) is 8.66. The number of aliphatic hydroxyl groups excluding tert-OH is 1. The molecule has 4 rings (SSSR count). The lowest BCUT2D eigenvalue weighted by molar-refractivity contribution is 0.0881. The van der Waals surface area contributed by atoms with Crippen LogP contribution < -0.4 is 4.72 Å². The van der Waals surface area contributed by atoms with E-state index in [0.717, 1.165) is 66.0 Å². The van der Waals surface area contributed by atoms with Crippen LogP contribution in [0.5, 0.6) is 0 Å². The number of nitrogens with zero attached hydrogens (tertiary/aromatic N) is 2. The van der Waals surface area contributed by atoms with Gasteiger partial charge in [0.05, 0.1) is 12.9 Å². The summed E-state index contributed by atoms with van der Waals surface area (Å²) in [7, 11) is -3.31. The lowest BCUT2D eigenvalue weighted by atomic mass is 9.79. The standard InChI is InChI=1S/C25H39N3O3S/c1-18(2)19-8-10-20(11-9-19)27-14-12-21(13-15-27)28-24-7-5-4-6-22(24)23(25(28)17-29)16-26-32(3,30)31/h4-7,18-21,26,29H,8-17H2,1-3H3. The van der Waals surface area contributed by atoms with Crippen LogP contribution >= 0.6 is 0 Å². The fourth-order valence-electron chi connectivity index (χ4n) is 6.02. The van der Waals surface area contributed by atoms with Crippen molar-refractivity contribution in [3.63, 3.8) is 0 Å². The number of likely N-dealkylation sites (tertiary alicyclic amines) is 1. The minimum Gasteiger partial charge on any atom is -0.390 e. The van der Waals surface area contributed by atoms with E-state index in [1.807, 2.05) is 18.2 Å². The van der Waals surface area contributed by atoms with Crippen molar-refractivity contribution in [1.82, 2.24) is 14.2 Å². The van der Waals surface area contributed by atoms with Crippen LogP contribution in [0.4, 0.5) is 0 Å². The number of rotatable bonds is 7. The van der Waals surface area contributed by atoms with E-state index in [9.17, 15) is 13.5 Å². The highest BCUT2D eigenvalue weighted by Gasteiger charge is 2.31. The molecule has 2 heterocycles. The van der Waals surface area contributed by atoms with E-state index in [1.165, 1.54) is 31.9 Å². The van der Waals surface area contributed by atoms with Gasteiger partial charge in [0, 0.05) is 48.3 Å². The van der Waals surface area contributed by atoms with Gasteiger partial charge in [0.2, 0.25) is 10.0 Å². The number of hydrogen-bond donors (Lipinski definition) is 2. The molecule has 2 aromatic rings. The van der Waals surface area contributed by atoms with Crippen LogP contribution in [0.1, 0.15) is 69.7 Å². The van der Waals surface area contributed by atoms with Crippen molar-refractivity contribution >= 4 is 20.9 Å². The third-order valence-electron chi connectivity index (χ3n) is 7.85. The Hall–Kier alpha value is -1.41. The van der Waals surface area contributed by atoms with Crippen LogP contribution in [-0.2, 0) is 23.2 Å². The molecule has 2 fully saturated rings. The van der Waals surface area contributed by atoms with Gasteiger partial charge in [-0.1, -0.05) is 32.0 Å². The molecule has 0 bridgehead atoms. The molecule has 178 valence electrons. The van der Waals surface area contributed by atoms with Gasteiger partial charge in [-0.15, -0.1) is 0 Å². The maximum atomic E-state index is 11.7. The fourth-order valence-corrected chi connectivity index (χ4v) is 6.42. The fraction of sp³-hybridized carbons (Fsp3) is 0.680. The van der Waals surface area contributed by atoms with Crippen molar-refractivity contribution in [3.8, 4) is 0 Å². The molecule has 0 radical (unpaired) electrons. The molecule has 32 heavy (non-hydrogen) atoms. The number of hydrogen-bond acceptors (Lipinski definition) is 4. The second-order valence-corrected chi connectivity index (χ2v) is 12.0. The lowest BCUT2D eigenvalue weighted by Gasteiger charge is -2.42. The van der Waals surface area contributed by atoms with Gasteiger partial charge in [0.15, 0.2) is 0 Å². The molecule has 0 atom stereocenters. The van der Waals surface area contributed by atoms with E-state index in [-0.39, 0.29) is 13.2 Å². The van der Waals surface area contributed by atoms with Crippen molar-refractivity contribution in [2.24, 2.45) is 11.8 Å². The first kappa shape index (κ1) is 23.7. The van der Waals surface area contributed by atoms with E-state index in [1.54, 1.807) is 0 Å². The highest BCUT2D eigenvalue weighted by Crippen LogP contribution is 2.37. The second-order valence-electron chi connectivity index (χ2n) is 10.1. The van der Waals surface area contributed by atoms with Gasteiger partial charge in [-0.25, -0.2) is 13.1 Å². The van der Waals surface area contributed by atoms with E-state index < -0.39 is 10.0 Å². The predicted molar refractivity (Wildman–Crippen MR) is 130 cm³/mol. The molecule has 1 aliphatic heterocycles.